The van der Waals surface area contributed by atoms with E-state index in [1.807, 2.05) is 17.5 Å². The SMILES string of the molecule is O=C(O)OCCc1cccs1. The highest BCUT2D eigenvalue weighted by atomic mass is 32.1. The van der Waals surface area contributed by atoms with E-state index < -0.39 is 6.16 Å². The number of ether oxygens (including phenoxy) is 1. The molecule has 4 heteroatoms. The van der Waals surface area contributed by atoms with Gasteiger partial charge in [-0.25, -0.2) is 4.79 Å². The van der Waals surface area contributed by atoms with E-state index in [2.05, 4.69) is 4.74 Å². The van der Waals surface area contributed by atoms with Gasteiger partial charge in [0.05, 0.1) is 6.61 Å². The zero-order chi connectivity index (χ0) is 8.10. The molecule has 0 saturated carbocycles. The number of thiophene rings is 1. The summed E-state index contributed by atoms with van der Waals surface area (Å²) in [6, 6.07) is 3.89. The van der Waals surface area contributed by atoms with Crippen LogP contribution in [0.4, 0.5) is 4.79 Å². The predicted octanol–water partition coefficient (Wildman–Crippen LogP) is 1.99. The molecule has 60 valence electrons. The lowest BCUT2D eigenvalue weighted by molar-refractivity contribution is 0.0929. The first-order chi connectivity index (χ1) is 5.29. The Morgan fingerprint density at radius 3 is 3.09 bits per heavy atom. The van der Waals surface area contributed by atoms with Gasteiger partial charge in [-0.05, 0) is 11.4 Å². The Labute approximate surface area is 68.2 Å². The smallest absolute Gasteiger partial charge is 0.450 e. The fourth-order valence-electron chi connectivity index (χ4n) is 0.694. The molecule has 0 radical (unpaired) electrons. The molecule has 1 heterocycles. The van der Waals surface area contributed by atoms with Crippen LogP contribution in [0.5, 0.6) is 0 Å². The molecule has 0 aliphatic carbocycles. The van der Waals surface area contributed by atoms with Crippen molar-refractivity contribution in [3.05, 3.63) is 22.4 Å². The summed E-state index contributed by atoms with van der Waals surface area (Å²) in [5, 5.41) is 10.1. The Balaban J connectivity index is 2.19. The zero-order valence-electron chi connectivity index (χ0n) is 5.82. The number of carboxylic acid groups (broad SMARTS) is 1. The second-order valence-electron chi connectivity index (χ2n) is 1.94. The quantitative estimate of drug-likeness (QED) is 0.709. The third-order valence-corrected chi connectivity index (χ3v) is 2.09. The van der Waals surface area contributed by atoms with Gasteiger partial charge in [-0.1, -0.05) is 6.07 Å². The second kappa shape index (κ2) is 3.98. The molecule has 0 aromatic carbocycles. The number of carbonyl (C=O) groups is 1. The average molecular weight is 172 g/mol. The van der Waals surface area contributed by atoms with E-state index in [-0.39, 0.29) is 6.61 Å². The Hall–Kier alpha value is -1.03. The van der Waals surface area contributed by atoms with Crippen molar-refractivity contribution in [3.8, 4) is 0 Å². The zero-order valence-corrected chi connectivity index (χ0v) is 6.63. The number of hydrogen-bond acceptors (Lipinski definition) is 3. The van der Waals surface area contributed by atoms with E-state index in [1.54, 1.807) is 11.3 Å². The summed E-state index contributed by atoms with van der Waals surface area (Å²) in [5.74, 6) is 0. The molecule has 0 aliphatic heterocycles. The van der Waals surface area contributed by atoms with Crippen molar-refractivity contribution in [3.63, 3.8) is 0 Å². The normalized spacial score (nSPS) is 9.45. The monoisotopic (exact) mass is 172 g/mol. The topological polar surface area (TPSA) is 46.5 Å². The Morgan fingerprint density at radius 1 is 1.73 bits per heavy atom. The van der Waals surface area contributed by atoms with E-state index in [1.165, 1.54) is 0 Å². The van der Waals surface area contributed by atoms with E-state index in [0.717, 1.165) is 4.88 Å². The van der Waals surface area contributed by atoms with Crippen LogP contribution >= 0.6 is 11.3 Å². The maximum Gasteiger partial charge on any atom is 0.505 e. The van der Waals surface area contributed by atoms with Crippen molar-refractivity contribution in [1.82, 2.24) is 0 Å². The van der Waals surface area contributed by atoms with Gasteiger partial charge in [0.1, 0.15) is 0 Å². The molecular formula is C7H8O3S. The highest BCUT2D eigenvalue weighted by molar-refractivity contribution is 7.09. The molecule has 0 amide bonds. The summed E-state index contributed by atoms with van der Waals surface area (Å²) in [5.41, 5.74) is 0. The molecule has 11 heavy (non-hydrogen) atoms. The van der Waals surface area contributed by atoms with Crippen molar-refractivity contribution in [2.45, 2.75) is 6.42 Å². The van der Waals surface area contributed by atoms with E-state index in [9.17, 15) is 4.79 Å². The third kappa shape index (κ3) is 3.04. The highest BCUT2D eigenvalue weighted by Crippen LogP contribution is 2.08. The first-order valence-electron chi connectivity index (χ1n) is 3.17. The lowest BCUT2D eigenvalue weighted by Gasteiger charge is -1.96. The lowest BCUT2D eigenvalue weighted by Crippen LogP contribution is -2.03. The van der Waals surface area contributed by atoms with Crippen LogP contribution in [0.15, 0.2) is 17.5 Å². The summed E-state index contributed by atoms with van der Waals surface area (Å²) in [4.78, 5) is 11.1. The number of hydrogen-bond donors (Lipinski definition) is 1. The Kier molecular flexibility index (Phi) is 2.92. The van der Waals surface area contributed by atoms with Crippen LogP contribution in [0.2, 0.25) is 0 Å². The maximum atomic E-state index is 9.91. The molecule has 3 nitrogen and oxygen atoms in total. The standard InChI is InChI=1S/C7H8O3S/c8-7(9)10-4-3-6-2-1-5-11-6/h1-2,5H,3-4H2,(H,8,9). The third-order valence-electron chi connectivity index (χ3n) is 1.15. The van der Waals surface area contributed by atoms with Gasteiger partial charge < -0.3 is 9.84 Å². The van der Waals surface area contributed by atoms with Crippen molar-refractivity contribution in [2.75, 3.05) is 6.61 Å². The minimum Gasteiger partial charge on any atom is -0.450 e. The van der Waals surface area contributed by atoms with Crippen LogP contribution in [0.25, 0.3) is 0 Å². The van der Waals surface area contributed by atoms with Crippen LogP contribution in [0, 0.1) is 0 Å². The van der Waals surface area contributed by atoms with Crippen molar-refractivity contribution in [1.29, 1.82) is 0 Å². The first-order valence-corrected chi connectivity index (χ1v) is 4.05. The van der Waals surface area contributed by atoms with E-state index >= 15 is 0 Å². The van der Waals surface area contributed by atoms with Crippen LogP contribution in [-0.2, 0) is 11.2 Å². The summed E-state index contributed by atoms with van der Waals surface area (Å²) in [6.07, 6.45) is -0.536. The van der Waals surface area contributed by atoms with Gasteiger partial charge in [-0.3, -0.25) is 0 Å². The van der Waals surface area contributed by atoms with Crippen LogP contribution in [-0.4, -0.2) is 17.9 Å². The van der Waals surface area contributed by atoms with Gasteiger partial charge in [0, 0.05) is 11.3 Å². The van der Waals surface area contributed by atoms with Crippen LogP contribution in [0.1, 0.15) is 4.88 Å². The molecule has 1 aromatic rings. The minimum atomic E-state index is -1.21. The van der Waals surface area contributed by atoms with Crippen molar-refractivity contribution >= 4 is 17.5 Å². The summed E-state index contributed by atoms with van der Waals surface area (Å²) >= 11 is 1.60. The van der Waals surface area contributed by atoms with Gasteiger partial charge in [-0.15, -0.1) is 11.3 Å². The van der Waals surface area contributed by atoms with Gasteiger partial charge in [0.15, 0.2) is 0 Å². The molecule has 0 spiro atoms. The minimum absolute atomic E-state index is 0.246. The molecular weight excluding hydrogens is 164 g/mol. The molecule has 1 N–H and O–H groups in total. The van der Waals surface area contributed by atoms with Gasteiger partial charge >= 0.3 is 6.16 Å². The number of rotatable bonds is 3. The molecule has 0 aliphatic rings. The van der Waals surface area contributed by atoms with Crippen LogP contribution in [0.3, 0.4) is 0 Å². The molecule has 1 rings (SSSR count). The molecule has 0 fully saturated rings. The van der Waals surface area contributed by atoms with Crippen molar-refractivity contribution in [2.24, 2.45) is 0 Å². The summed E-state index contributed by atoms with van der Waals surface area (Å²) < 4.78 is 4.34. The summed E-state index contributed by atoms with van der Waals surface area (Å²) in [7, 11) is 0. The Bertz CT molecular complexity index is 218. The lowest BCUT2D eigenvalue weighted by atomic mass is 10.4. The molecule has 1 aromatic heterocycles. The van der Waals surface area contributed by atoms with E-state index in [0.29, 0.717) is 6.42 Å². The maximum absolute atomic E-state index is 9.91. The molecule has 0 bridgehead atoms. The molecule has 0 unspecified atom stereocenters. The fraction of sp³-hybridized carbons (Fsp3) is 0.286. The summed E-state index contributed by atoms with van der Waals surface area (Å²) in [6.45, 7) is 0.246. The van der Waals surface area contributed by atoms with E-state index in [4.69, 9.17) is 5.11 Å². The molecule has 0 saturated heterocycles. The van der Waals surface area contributed by atoms with Crippen LogP contribution < -0.4 is 0 Å². The van der Waals surface area contributed by atoms with Crippen molar-refractivity contribution < 1.29 is 14.6 Å². The fourth-order valence-corrected chi connectivity index (χ4v) is 1.38. The second-order valence-corrected chi connectivity index (χ2v) is 2.98. The van der Waals surface area contributed by atoms with Gasteiger partial charge in [0.2, 0.25) is 0 Å². The average Bonchev–Trinajstić information content (AvgIpc) is 2.39. The Morgan fingerprint density at radius 2 is 2.55 bits per heavy atom. The molecule has 0 atom stereocenters. The highest BCUT2D eigenvalue weighted by Gasteiger charge is 1.97. The predicted molar refractivity (Wildman–Crippen MR) is 42.0 cm³/mol. The van der Waals surface area contributed by atoms with Gasteiger partial charge in [0.25, 0.3) is 0 Å². The largest absolute Gasteiger partial charge is 0.505 e. The van der Waals surface area contributed by atoms with Gasteiger partial charge in [-0.2, -0.15) is 0 Å². The first kappa shape index (κ1) is 8.07.